The van der Waals surface area contributed by atoms with E-state index in [-0.39, 0.29) is 6.04 Å². The topological polar surface area (TPSA) is 3.24 Å². The second kappa shape index (κ2) is 10.7. The van der Waals surface area contributed by atoms with Crippen molar-refractivity contribution < 1.29 is 0 Å². The molecule has 10 rings (SSSR count). The van der Waals surface area contributed by atoms with Crippen molar-refractivity contribution in [3.63, 3.8) is 0 Å². The molecule has 48 heavy (non-hydrogen) atoms. The van der Waals surface area contributed by atoms with E-state index in [1.807, 2.05) is 11.3 Å². The van der Waals surface area contributed by atoms with E-state index < -0.39 is 0 Å². The van der Waals surface area contributed by atoms with Crippen LogP contribution in [0.4, 0.5) is 11.4 Å². The summed E-state index contributed by atoms with van der Waals surface area (Å²) < 4.78 is 2.65. The highest BCUT2D eigenvalue weighted by Crippen LogP contribution is 2.50. The summed E-state index contributed by atoms with van der Waals surface area (Å²) in [5.74, 6) is 0. The zero-order chi connectivity index (χ0) is 31.9. The highest BCUT2D eigenvalue weighted by Gasteiger charge is 2.36. The van der Waals surface area contributed by atoms with Crippen LogP contribution in [-0.2, 0) is 6.42 Å². The lowest BCUT2D eigenvalue weighted by molar-refractivity contribution is 0.831. The van der Waals surface area contributed by atoms with Crippen LogP contribution in [-0.4, -0.2) is 6.04 Å². The summed E-state index contributed by atoms with van der Waals surface area (Å²) in [6.45, 7) is 6.27. The average Bonchev–Trinajstić information content (AvgIpc) is 3.80. The van der Waals surface area contributed by atoms with Crippen molar-refractivity contribution in [2.24, 2.45) is 0 Å². The second-order valence-corrected chi connectivity index (χ2v) is 14.8. The molecule has 1 nitrogen and oxygen atoms in total. The Hall–Kier alpha value is -5.18. The number of thiophene rings is 1. The Balaban J connectivity index is 1.02. The SMILES string of the molecule is C=C(C)c1ccc2sc3ccc(-c4cccc(N5c6ccccc6C6=CC(c7ccc8c(c7)C7=C(CCC=C7)C8)=CCC65)c4)cc3c2c1. The number of para-hydroxylation sites is 1. The molecule has 5 aromatic carbocycles. The maximum Gasteiger partial charge on any atom is 0.0633 e. The third-order valence-electron chi connectivity index (χ3n) is 10.9. The molecule has 1 unspecified atom stereocenters. The fourth-order valence-corrected chi connectivity index (χ4v) is 9.50. The molecule has 0 radical (unpaired) electrons. The third kappa shape index (κ3) is 4.29. The molecule has 2 heterocycles. The number of hydrogen-bond acceptors (Lipinski definition) is 2. The van der Waals surface area contributed by atoms with Gasteiger partial charge in [0, 0.05) is 37.1 Å². The quantitative estimate of drug-likeness (QED) is 0.187. The number of nitrogens with zero attached hydrogens (tertiary/aromatic N) is 1. The van der Waals surface area contributed by atoms with Gasteiger partial charge in [-0.15, -0.1) is 11.3 Å². The average molecular weight is 634 g/mol. The molecule has 1 aliphatic heterocycles. The molecule has 0 N–H and O–H groups in total. The van der Waals surface area contributed by atoms with Gasteiger partial charge in [-0.2, -0.15) is 0 Å². The number of hydrogen-bond donors (Lipinski definition) is 0. The van der Waals surface area contributed by atoms with E-state index in [4.69, 9.17) is 0 Å². The van der Waals surface area contributed by atoms with Gasteiger partial charge in [-0.3, -0.25) is 0 Å². The highest BCUT2D eigenvalue weighted by molar-refractivity contribution is 7.25. The van der Waals surface area contributed by atoms with Gasteiger partial charge in [-0.25, -0.2) is 0 Å². The standard InChI is InChI=1S/C46H35NS/c1-28(2)29-17-20-45-41(24-29)42-27-33(18-21-46(42)48-45)30-9-7-10-36(23-30)47-43-13-6-5-12-38(43)40-26-32(16-19-44(40)47)31-14-15-35-22-34-8-3-4-11-37(34)39(35)25-31/h4-7,9-18,20-21,23-27,44H,1,3,8,19,22H2,2H3. The fourth-order valence-electron chi connectivity index (χ4n) is 8.43. The predicted molar refractivity (Wildman–Crippen MR) is 208 cm³/mol. The number of anilines is 2. The Morgan fingerprint density at radius 3 is 2.54 bits per heavy atom. The first-order valence-corrected chi connectivity index (χ1v) is 18.0. The Kier molecular flexibility index (Phi) is 6.20. The van der Waals surface area contributed by atoms with Gasteiger partial charge in [0.2, 0.25) is 0 Å². The van der Waals surface area contributed by atoms with Gasteiger partial charge >= 0.3 is 0 Å². The minimum Gasteiger partial charge on any atom is -0.333 e. The molecular weight excluding hydrogens is 599 g/mol. The summed E-state index contributed by atoms with van der Waals surface area (Å²) in [7, 11) is 0. The Morgan fingerprint density at radius 1 is 0.792 bits per heavy atom. The molecule has 2 heteroatoms. The normalized spacial score (nSPS) is 17.7. The summed E-state index contributed by atoms with van der Waals surface area (Å²) in [4.78, 5) is 2.57. The molecule has 0 amide bonds. The van der Waals surface area contributed by atoms with Gasteiger partial charge in [0.1, 0.15) is 0 Å². The largest absolute Gasteiger partial charge is 0.333 e. The van der Waals surface area contributed by atoms with Crippen LogP contribution < -0.4 is 4.90 Å². The first-order valence-electron chi connectivity index (χ1n) is 17.1. The van der Waals surface area contributed by atoms with E-state index in [1.165, 1.54) is 100 Å². The lowest BCUT2D eigenvalue weighted by Crippen LogP contribution is -2.27. The number of allylic oxidation sites excluding steroid dienone is 7. The molecule has 0 saturated heterocycles. The molecule has 230 valence electrons. The Labute approximate surface area is 286 Å². The van der Waals surface area contributed by atoms with Crippen LogP contribution in [0.15, 0.2) is 140 Å². The van der Waals surface area contributed by atoms with Crippen LogP contribution in [0.3, 0.4) is 0 Å². The van der Waals surface area contributed by atoms with Gasteiger partial charge in [0.05, 0.1) is 6.04 Å². The molecule has 0 fully saturated rings. The first-order chi connectivity index (χ1) is 23.6. The molecule has 0 bridgehead atoms. The van der Waals surface area contributed by atoms with Crippen LogP contribution in [0.5, 0.6) is 0 Å². The number of fused-ring (bicyclic) bond motifs is 8. The molecule has 1 aromatic heterocycles. The van der Waals surface area contributed by atoms with Crippen molar-refractivity contribution >= 4 is 65.2 Å². The Bertz CT molecular complexity index is 2500. The third-order valence-corrected chi connectivity index (χ3v) is 12.0. The lowest BCUT2D eigenvalue weighted by atomic mass is 9.88. The summed E-state index contributed by atoms with van der Waals surface area (Å²) >= 11 is 1.87. The van der Waals surface area contributed by atoms with E-state index in [0.717, 1.165) is 18.4 Å². The second-order valence-electron chi connectivity index (χ2n) is 13.8. The van der Waals surface area contributed by atoms with Crippen molar-refractivity contribution in [3.05, 3.63) is 167 Å². The maximum absolute atomic E-state index is 4.19. The minimum atomic E-state index is 0.273. The van der Waals surface area contributed by atoms with Crippen molar-refractivity contribution in [3.8, 4) is 11.1 Å². The number of benzene rings is 5. The Morgan fingerprint density at radius 2 is 1.62 bits per heavy atom. The lowest BCUT2D eigenvalue weighted by Gasteiger charge is -2.30. The zero-order valence-electron chi connectivity index (χ0n) is 27.1. The molecule has 6 aromatic rings. The smallest absolute Gasteiger partial charge is 0.0633 e. The molecule has 3 aliphatic carbocycles. The first kappa shape index (κ1) is 27.9. The van der Waals surface area contributed by atoms with Crippen LogP contribution in [0.1, 0.15) is 54.0 Å². The summed E-state index contributed by atoms with van der Waals surface area (Å²) in [5.41, 5.74) is 18.8. The minimum absolute atomic E-state index is 0.273. The molecule has 1 atom stereocenters. The highest BCUT2D eigenvalue weighted by atomic mass is 32.1. The summed E-state index contributed by atoms with van der Waals surface area (Å²) in [6.07, 6.45) is 14.1. The van der Waals surface area contributed by atoms with E-state index >= 15 is 0 Å². The van der Waals surface area contributed by atoms with Gasteiger partial charge in [0.15, 0.2) is 0 Å². The maximum atomic E-state index is 4.19. The predicted octanol–water partition coefficient (Wildman–Crippen LogP) is 12.8. The van der Waals surface area contributed by atoms with E-state index in [9.17, 15) is 0 Å². The van der Waals surface area contributed by atoms with Gasteiger partial charge < -0.3 is 4.90 Å². The van der Waals surface area contributed by atoms with Crippen molar-refractivity contribution in [2.75, 3.05) is 4.90 Å². The van der Waals surface area contributed by atoms with Gasteiger partial charge in [-0.1, -0.05) is 90.6 Å². The molecule has 0 spiro atoms. The van der Waals surface area contributed by atoms with Crippen LogP contribution in [0.2, 0.25) is 0 Å². The molecule has 4 aliphatic rings. The molecular formula is C46H35NS. The van der Waals surface area contributed by atoms with Gasteiger partial charge in [-0.05, 0) is 137 Å². The summed E-state index contributed by atoms with van der Waals surface area (Å²) in [5, 5.41) is 2.64. The monoisotopic (exact) mass is 633 g/mol. The summed E-state index contributed by atoms with van der Waals surface area (Å²) in [6, 6.07) is 39.3. The van der Waals surface area contributed by atoms with Crippen molar-refractivity contribution in [1.29, 1.82) is 0 Å². The van der Waals surface area contributed by atoms with Crippen molar-refractivity contribution in [1.82, 2.24) is 0 Å². The fraction of sp³-hybridized carbons (Fsp3) is 0.130. The van der Waals surface area contributed by atoms with Gasteiger partial charge in [0.25, 0.3) is 0 Å². The molecule has 0 saturated carbocycles. The van der Waals surface area contributed by atoms with Crippen molar-refractivity contribution in [2.45, 2.75) is 38.6 Å². The zero-order valence-corrected chi connectivity index (χ0v) is 27.9. The van der Waals surface area contributed by atoms with E-state index in [2.05, 4.69) is 146 Å². The van der Waals surface area contributed by atoms with E-state index in [1.54, 1.807) is 5.57 Å². The van der Waals surface area contributed by atoms with E-state index in [0.29, 0.717) is 0 Å². The number of rotatable bonds is 4. The van der Waals surface area contributed by atoms with Crippen LogP contribution in [0, 0.1) is 0 Å². The van der Waals surface area contributed by atoms with Crippen LogP contribution in [0.25, 0.3) is 53.6 Å². The van der Waals surface area contributed by atoms with Crippen LogP contribution >= 0.6 is 11.3 Å².